The molecule has 2 fully saturated rings. The molecule has 0 aliphatic carbocycles. The van der Waals surface area contributed by atoms with E-state index in [1.54, 1.807) is 30.3 Å². The lowest BCUT2D eigenvalue weighted by Crippen LogP contribution is -2.45. The number of H-pyrrole nitrogens is 1. The Morgan fingerprint density at radius 3 is 2.94 bits per heavy atom. The Kier molecular flexibility index (Phi) is 4.62. The van der Waals surface area contributed by atoms with Crippen LogP contribution in [0.1, 0.15) is 6.23 Å². The van der Waals surface area contributed by atoms with E-state index in [1.807, 2.05) is 0 Å². The molecule has 2 aliphatic heterocycles. The van der Waals surface area contributed by atoms with Gasteiger partial charge in [-0.05, 0) is 12.1 Å². The average molecular weight is 450 g/mol. The Hall–Kier alpha value is -2.80. The van der Waals surface area contributed by atoms with Crippen LogP contribution in [0.4, 0.5) is 5.95 Å². The molecule has 2 aromatic heterocycles. The number of nitrogens with one attached hydrogen (secondary N) is 1. The first kappa shape index (κ1) is 20.1. The van der Waals surface area contributed by atoms with Crippen molar-refractivity contribution in [2.75, 3.05) is 18.9 Å². The number of hydrogen-bond donors (Lipinski definition) is 4. The van der Waals surface area contributed by atoms with Crippen LogP contribution in [0.5, 0.6) is 5.75 Å². The van der Waals surface area contributed by atoms with Gasteiger partial charge in [-0.1, -0.05) is 18.2 Å². The summed E-state index contributed by atoms with van der Waals surface area (Å²) in [4.78, 5) is 22.5. The van der Waals surface area contributed by atoms with Gasteiger partial charge in [-0.25, -0.2) is 15.1 Å². The predicted molar refractivity (Wildman–Crippen MR) is 106 cm³/mol. The maximum Gasteiger partial charge on any atom is 0.456 e. The number of ether oxygens (including phenoxy) is 2. The van der Waals surface area contributed by atoms with E-state index in [0.29, 0.717) is 0 Å². The Morgan fingerprint density at radius 1 is 1.39 bits per heavy atom. The summed E-state index contributed by atoms with van der Waals surface area (Å²) in [7, 11) is -4.00. The van der Waals surface area contributed by atoms with Crippen LogP contribution in [0.25, 0.3) is 11.2 Å². The number of benzene rings is 1. The Labute approximate surface area is 174 Å². The van der Waals surface area contributed by atoms with Crippen LogP contribution in [0.3, 0.4) is 0 Å². The minimum absolute atomic E-state index is 0.0244. The zero-order chi connectivity index (χ0) is 21.8. The number of nitrogens with zero attached hydrogens (tertiary/aromatic N) is 3. The van der Waals surface area contributed by atoms with Gasteiger partial charge in [0.1, 0.15) is 23.6 Å². The van der Waals surface area contributed by atoms with Crippen LogP contribution in [-0.2, 0) is 18.6 Å². The van der Waals surface area contributed by atoms with E-state index in [4.69, 9.17) is 29.8 Å². The lowest BCUT2D eigenvalue weighted by molar-refractivity contribution is -0.183. The molecule has 2 bridgehead atoms. The highest BCUT2D eigenvalue weighted by atomic mass is 31.2. The van der Waals surface area contributed by atoms with Crippen molar-refractivity contribution in [2.24, 2.45) is 5.50 Å². The second kappa shape index (κ2) is 7.12. The quantitative estimate of drug-likeness (QED) is 0.367. The lowest BCUT2D eigenvalue weighted by atomic mass is 10.0. The molecule has 0 saturated carbocycles. The second-order valence-electron chi connectivity index (χ2n) is 7.29. The monoisotopic (exact) mass is 450 g/mol. The second-order valence-corrected chi connectivity index (χ2v) is 8.81. The topological polar surface area (TPSA) is 190 Å². The number of aliphatic hydroxyl groups excluding tert-OH is 1. The van der Waals surface area contributed by atoms with E-state index in [1.165, 1.54) is 10.9 Å². The first-order valence-electron chi connectivity index (χ1n) is 9.26. The molecule has 3 aromatic rings. The van der Waals surface area contributed by atoms with E-state index in [-0.39, 0.29) is 36.1 Å². The van der Waals surface area contributed by atoms with Gasteiger partial charge >= 0.3 is 7.75 Å². The highest BCUT2D eigenvalue weighted by molar-refractivity contribution is 7.51. The zero-order valence-corrected chi connectivity index (χ0v) is 16.8. The molecule has 2 aliphatic rings. The maximum absolute atomic E-state index is 12.6. The van der Waals surface area contributed by atoms with Crippen LogP contribution in [0.15, 0.2) is 41.5 Å². The van der Waals surface area contributed by atoms with Gasteiger partial charge in [-0.2, -0.15) is 4.98 Å². The summed E-state index contributed by atoms with van der Waals surface area (Å²) in [5.74, 6) is 0.181. The molecule has 5 unspecified atom stereocenters. The molecule has 5 atom stereocenters. The molecule has 6 N–H and O–H groups in total. The zero-order valence-electron chi connectivity index (χ0n) is 16.0. The highest BCUT2D eigenvalue weighted by Crippen LogP contribution is 2.49. The number of hydrogen-bond acceptors (Lipinski definition) is 10. The average Bonchev–Trinajstić information content (AvgIpc) is 3.37. The van der Waals surface area contributed by atoms with Gasteiger partial charge in [0, 0.05) is 0 Å². The van der Waals surface area contributed by atoms with Crippen LogP contribution in [0.2, 0.25) is 0 Å². The molecular weight excluding hydrogens is 431 g/mol. The third kappa shape index (κ3) is 3.41. The smallest absolute Gasteiger partial charge is 0.413 e. The normalized spacial score (nSPS) is 29.3. The standard InChI is InChI=1S/C17H19N6O7P/c18-16-21-13-10(14(25)22-16)20-8-23(13)15-11-12(24)17(29-15,6-27-11)7-28-31(19,26)30-9-4-2-1-3-5-9/h1-5,8,11-12,15,24H,6-7H2,(H2,19,26)(H3,18,21,22,25). The summed E-state index contributed by atoms with van der Waals surface area (Å²) < 4.78 is 36.3. The van der Waals surface area contributed by atoms with Gasteiger partial charge < -0.3 is 24.8 Å². The van der Waals surface area contributed by atoms with E-state index in [0.717, 1.165) is 0 Å². The summed E-state index contributed by atoms with van der Waals surface area (Å²) in [6.45, 7) is -0.381. The third-order valence-electron chi connectivity index (χ3n) is 5.20. The predicted octanol–water partition coefficient (Wildman–Crippen LogP) is -0.109. The van der Waals surface area contributed by atoms with Crippen molar-refractivity contribution < 1.29 is 28.2 Å². The Bertz CT molecular complexity index is 1230. The van der Waals surface area contributed by atoms with Crippen LogP contribution in [-0.4, -0.2) is 55.6 Å². The molecule has 0 radical (unpaired) electrons. The van der Waals surface area contributed by atoms with E-state index >= 15 is 0 Å². The van der Waals surface area contributed by atoms with Crippen molar-refractivity contribution in [2.45, 2.75) is 24.0 Å². The first-order valence-corrected chi connectivity index (χ1v) is 10.9. The van der Waals surface area contributed by atoms with E-state index < -0.39 is 37.3 Å². The fourth-order valence-corrected chi connectivity index (χ4v) is 4.59. The van der Waals surface area contributed by atoms with Gasteiger partial charge in [0.15, 0.2) is 17.4 Å². The third-order valence-corrected chi connectivity index (χ3v) is 6.15. The summed E-state index contributed by atoms with van der Waals surface area (Å²) in [6.07, 6.45) is -1.48. The van der Waals surface area contributed by atoms with Gasteiger partial charge in [-0.3, -0.25) is 18.9 Å². The fourth-order valence-electron chi connectivity index (χ4n) is 3.72. The van der Waals surface area contributed by atoms with Crippen LogP contribution >= 0.6 is 7.75 Å². The number of fused-ring (bicyclic) bond motifs is 3. The first-order chi connectivity index (χ1) is 14.8. The molecular formula is C17H19N6O7P. The highest BCUT2D eigenvalue weighted by Gasteiger charge is 2.62. The van der Waals surface area contributed by atoms with Crippen molar-refractivity contribution in [1.82, 2.24) is 19.5 Å². The molecule has 14 heteroatoms. The molecule has 164 valence electrons. The minimum Gasteiger partial charge on any atom is -0.413 e. The number of aromatic amines is 1. The fraction of sp³-hybridized carbons (Fsp3) is 0.353. The van der Waals surface area contributed by atoms with Crippen molar-refractivity contribution in [3.63, 3.8) is 0 Å². The van der Waals surface area contributed by atoms with Gasteiger partial charge in [0.05, 0.1) is 19.5 Å². The van der Waals surface area contributed by atoms with Gasteiger partial charge in [0.25, 0.3) is 5.56 Å². The molecule has 31 heavy (non-hydrogen) atoms. The lowest BCUT2D eigenvalue weighted by Gasteiger charge is -2.31. The van der Waals surface area contributed by atoms with Crippen LogP contribution in [0, 0.1) is 0 Å². The van der Waals surface area contributed by atoms with E-state index in [2.05, 4.69) is 15.0 Å². The van der Waals surface area contributed by atoms with Crippen molar-refractivity contribution in [3.8, 4) is 5.75 Å². The maximum atomic E-state index is 12.6. The molecule has 13 nitrogen and oxygen atoms in total. The van der Waals surface area contributed by atoms with Gasteiger partial charge in [-0.15, -0.1) is 0 Å². The Morgan fingerprint density at radius 2 is 2.16 bits per heavy atom. The molecule has 1 aromatic carbocycles. The Balaban J connectivity index is 1.37. The van der Waals surface area contributed by atoms with Crippen molar-refractivity contribution in [1.29, 1.82) is 0 Å². The number of imidazole rings is 1. The largest absolute Gasteiger partial charge is 0.456 e. The summed E-state index contributed by atoms with van der Waals surface area (Å²) in [6, 6.07) is 8.32. The molecule has 0 amide bonds. The number of nitrogens with two attached hydrogens (primary N) is 2. The number of rotatable bonds is 6. The van der Waals surface area contributed by atoms with Gasteiger partial charge in [0.2, 0.25) is 5.95 Å². The number of para-hydroxylation sites is 1. The van der Waals surface area contributed by atoms with Crippen LogP contribution < -0.4 is 21.3 Å². The SMILES string of the molecule is Nc1nc2c(ncn2C2OC3(COP(N)(=O)Oc4ccccc4)COC2C3O)c(=O)[nH]1. The summed E-state index contributed by atoms with van der Waals surface area (Å²) in [5, 5.41) is 10.8. The molecule has 2 saturated heterocycles. The van der Waals surface area contributed by atoms with Crippen molar-refractivity contribution in [3.05, 3.63) is 47.0 Å². The van der Waals surface area contributed by atoms with Crippen molar-refractivity contribution >= 4 is 24.9 Å². The summed E-state index contributed by atoms with van der Waals surface area (Å²) in [5.41, 5.74) is 9.69. The number of anilines is 1. The van der Waals surface area contributed by atoms with E-state index in [9.17, 15) is 14.5 Å². The molecule has 4 heterocycles. The number of nitrogen functional groups attached to an aromatic ring is 1. The number of aliphatic hydroxyl groups is 1. The summed E-state index contributed by atoms with van der Waals surface area (Å²) >= 11 is 0. The molecule has 0 spiro atoms. The number of aromatic nitrogens is 4. The minimum atomic E-state index is -4.00. The molecule has 5 rings (SSSR count).